The van der Waals surface area contributed by atoms with E-state index < -0.39 is 16.0 Å². The van der Waals surface area contributed by atoms with Crippen molar-refractivity contribution in [2.24, 2.45) is 0 Å². The smallest absolute Gasteiger partial charge is 0.224 e. The normalized spacial score (nSPS) is 13.7. The van der Waals surface area contributed by atoms with Gasteiger partial charge in [-0.3, -0.25) is 0 Å². The van der Waals surface area contributed by atoms with Crippen LogP contribution in [0, 0.1) is 0 Å². The highest BCUT2D eigenvalue weighted by Crippen LogP contribution is 2.20. The Bertz CT molecular complexity index is 540. The predicted molar refractivity (Wildman–Crippen MR) is 63.1 cm³/mol. The summed E-state index contributed by atoms with van der Waals surface area (Å²) in [7, 11) is -3.27. The summed E-state index contributed by atoms with van der Waals surface area (Å²) < 4.78 is 58.6. The molecule has 1 rings (SSSR count). The minimum atomic E-state index is -4.32. The molecule has 18 heavy (non-hydrogen) atoms. The minimum Gasteiger partial charge on any atom is -0.224 e. The molecule has 0 fully saturated rings. The summed E-state index contributed by atoms with van der Waals surface area (Å²) in [6.45, 7) is 1.39. The highest BCUT2D eigenvalue weighted by molar-refractivity contribution is 7.90. The Morgan fingerprint density at radius 3 is 2.11 bits per heavy atom. The molecule has 0 N–H and O–H groups in total. The Kier molecular flexibility index (Phi) is 4.21. The van der Waals surface area contributed by atoms with Gasteiger partial charge in [-0.2, -0.15) is 13.2 Å². The van der Waals surface area contributed by atoms with Crippen LogP contribution >= 0.6 is 0 Å². The summed E-state index contributed by atoms with van der Waals surface area (Å²) in [5, 5.41) is 0. The van der Waals surface area contributed by atoms with E-state index in [1.54, 1.807) is 0 Å². The van der Waals surface area contributed by atoms with Crippen LogP contribution in [-0.2, 0) is 16.3 Å². The summed E-state index contributed by atoms with van der Waals surface area (Å²) in [6, 6.07) is 5.82. The van der Waals surface area contributed by atoms with E-state index in [4.69, 9.17) is 0 Å². The second-order valence-corrected chi connectivity index (χ2v) is 6.14. The van der Waals surface area contributed by atoms with Crippen molar-refractivity contribution in [1.29, 1.82) is 0 Å². The van der Waals surface area contributed by atoms with Crippen molar-refractivity contribution < 1.29 is 21.6 Å². The lowest BCUT2D eigenvalue weighted by atomic mass is 10.1. The third kappa shape index (κ3) is 4.91. The van der Waals surface area contributed by atoms with E-state index in [1.165, 1.54) is 31.2 Å². The van der Waals surface area contributed by atoms with Crippen LogP contribution in [0.3, 0.4) is 0 Å². The highest BCUT2D eigenvalue weighted by Gasteiger charge is 2.23. The fraction of sp³-hybridized carbons (Fsp3) is 0.333. The van der Waals surface area contributed by atoms with Crippen molar-refractivity contribution in [2.45, 2.75) is 24.4 Å². The standard InChI is InChI=1S/C12H13F3O2S/c1-9(8-12(13,14)15)7-10-3-5-11(6-4-10)18(2,16)17/h3-6,8H,7H2,1-2H3. The number of alkyl halides is 3. The van der Waals surface area contributed by atoms with Gasteiger partial charge in [0.25, 0.3) is 0 Å². The molecule has 0 radical (unpaired) electrons. The van der Waals surface area contributed by atoms with Gasteiger partial charge < -0.3 is 0 Å². The Hall–Kier alpha value is -1.30. The average Bonchev–Trinajstić information content (AvgIpc) is 2.13. The fourth-order valence-electron chi connectivity index (χ4n) is 1.51. The van der Waals surface area contributed by atoms with Gasteiger partial charge in [0.2, 0.25) is 0 Å². The van der Waals surface area contributed by atoms with Gasteiger partial charge in [0.05, 0.1) is 4.90 Å². The molecular weight excluding hydrogens is 265 g/mol. The van der Waals surface area contributed by atoms with Gasteiger partial charge in [-0.05, 0) is 31.0 Å². The Labute approximate surface area is 104 Å². The number of hydrogen-bond donors (Lipinski definition) is 0. The van der Waals surface area contributed by atoms with Crippen LogP contribution in [0.15, 0.2) is 40.8 Å². The van der Waals surface area contributed by atoms with Crippen LogP contribution in [-0.4, -0.2) is 20.8 Å². The topological polar surface area (TPSA) is 34.1 Å². The molecule has 0 atom stereocenters. The second-order valence-electron chi connectivity index (χ2n) is 4.13. The maximum atomic E-state index is 12.1. The molecule has 0 saturated heterocycles. The van der Waals surface area contributed by atoms with Crippen LogP contribution in [0.25, 0.3) is 0 Å². The van der Waals surface area contributed by atoms with Gasteiger partial charge in [0.1, 0.15) is 0 Å². The first-order valence-corrected chi connectivity index (χ1v) is 7.01. The summed E-state index contributed by atoms with van der Waals surface area (Å²) in [5.41, 5.74) is 0.815. The zero-order valence-corrected chi connectivity index (χ0v) is 10.8. The van der Waals surface area contributed by atoms with Crippen LogP contribution in [0.4, 0.5) is 13.2 Å². The predicted octanol–water partition coefficient (Wildman–Crippen LogP) is 3.14. The van der Waals surface area contributed by atoms with E-state index in [0.717, 1.165) is 6.26 Å². The van der Waals surface area contributed by atoms with Crippen molar-refractivity contribution in [3.8, 4) is 0 Å². The van der Waals surface area contributed by atoms with Crippen molar-refractivity contribution in [1.82, 2.24) is 0 Å². The van der Waals surface area contributed by atoms with E-state index in [-0.39, 0.29) is 23.0 Å². The summed E-state index contributed by atoms with van der Waals surface area (Å²) in [6.07, 6.45) is -2.85. The first kappa shape index (κ1) is 14.8. The molecule has 0 unspecified atom stereocenters. The van der Waals surface area contributed by atoms with Gasteiger partial charge in [0.15, 0.2) is 9.84 Å². The molecule has 100 valence electrons. The monoisotopic (exact) mass is 278 g/mol. The fourth-order valence-corrected chi connectivity index (χ4v) is 2.14. The van der Waals surface area contributed by atoms with Crippen molar-refractivity contribution in [3.63, 3.8) is 0 Å². The molecule has 0 heterocycles. The summed E-state index contributed by atoms with van der Waals surface area (Å²) in [4.78, 5) is 0.156. The van der Waals surface area contributed by atoms with E-state index in [9.17, 15) is 21.6 Å². The molecule has 0 aromatic heterocycles. The third-order valence-corrected chi connectivity index (χ3v) is 3.37. The largest absolute Gasteiger partial charge is 0.409 e. The molecule has 0 aliphatic heterocycles. The molecule has 1 aromatic rings. The zero-order valence-electron chi connectivity index (χ0n) is 9.95. The summed E-state index contributed by atoms with van der Waals surface area (Å²) >= 11 is 0. The van der Waals surface area contributed by atoms with Crippen LogP contribution < -0.4 is 0 Å². The molecule has 0 aliphatic carbocycles. The van der Waals surface area contributed by atoms with Crippen molar-refractivity contribution in [2.75, 3.05) is 6.26 Å². The van der Waals surface area contributed by atoms with E-state index in [0.29, 0.717) is 5.56 Å². The number of halogens is 3. The Balaban J connectivity index is 2.86. The minimum absolute atomic E-state index is 0.142. The maximum Gasteiger partial charge on any atom is 0.409 e. The van der Waals surface area contributed by atoms with E-state index in [1.807, 2.05) is 0 Å². The van der Waals surface area contributed by atoms with E-state index in [2.05, 4.69) is 0 Å². The molecule has 1 aromatic carbocycles. The Morgan fingerprint density at radius 2 is 1.72 bits per heavy atom. The van der Waals surface area contributed by atoms with Crippen molar-refractivity contribution in [3.05, 3.63) is 41.5 Å². The van der Waals surface area contributed by atoms with E-state index >= 15 is 0 Å². The molecule has 6 heteroatoms. The number of sulfone groups is 1. The average molecular weight is 278 g/mol. The maximum absolute atomic E-state index is 12.1. The van der Waals surface area contributed by atoms with Gasteiger partial charge in [0, 0.05) is 12.3 Å². The molecule has 0 bridgehead atoms. The molecule has 0 spiro atoms. The van der Waals surface area contributed by atoms with Crippen LogP contribution in [0.5, 0.6) is 0 Å². The third-order valence-electron chi connectivity index (χ3n) is 2.24. The zero-order chi connectivity index (χ0) is 14.0. The SMILES string of the molecule is CC(=CC(F)(F)F)Cc1ccc(S(C)(=O)=O)cc1. The van der Waals surface area contributed by atoms with Crippen LogP contribution in [0.2, 0.25) is 0 Å². The van der Waals surface area contributed by atoms with Gasteiger partial charge in [-0.15, -0.1) is 0 Å². The highest BCUT2D eigenvalue weighted by atomic mass is 32.2. The number of allylic oxidation sites excluding steroid dienone is 2. The quantitative estimate of drug-likeness (QED) is 0.796. The molecule has 0 saturated carbocycles. The summed E-state index contributed by atoms with van der Waals surface area (Å²) in [5.74, 6) is 0. The van der Waals surface area contributed by atoms with Gasteiger partial charge in [-0.25, -0.2) is 8.42 Å². The van der Waals surface area contributed by atoms with Gasteiger partial charge >= 0.3 is 6.18 Å². The first-order chi connectivity index (χ1) is 8.08. The first-order valence-electron chi connectivity index (χ1n) is 5.12. The lowest BCUT2D eigenvalue weighted by Gasteiger charge is -2.05. The Morgan fingerprint density at radius 1 is 1.22 bits per heavy atom. The molecule has 0 aliphatic rings. The van der Waals surface area contributed by atoms with Gasteiger partial charge in [-0.1, -0.05) is 17.7 Å². The lowest BCUT2D eigenvalue weighted by Crippen LogP contribution is -2.03. The number of rotatable bonds is 3. The molecule has 2 nitrogen and oxygen atoms in total. The van der Waals surface area contributed by atoms with Crippen molar-refractivity contribution >= 4 is 9.84 Å². The number of hydrogen-bond acceptors (Lipinski definition) is 2. The molecular formula is C12H13F3O2S. The molecule has 0 amide bonds. The lowest BCUT2D eigenvalue weighted by molar-refractivity contribution is -0.0805. The second kappa shape index (κ2) is 5.14. The number of benzene rings is 1. The van der Waals surface area contributed by atoms with Crippen LogP contribution in [0.1, 0.15) is 12.5 Å².